The second-order valence-corrected chi connectivity index (χ2v) is 11.1. The van der Waals surface area contributed by atoms with Crippen LogP contribution in [-0.4, -0.2) is 36.7 Å². The summed E-state index contributed by atoms with van der Waals surface area (Å²) in [6.45, 7) is 12.1. The number of piperidine rings is 1. The highest BCUT2D eigenvalue weighted by Gasteiger charge is 2.30. The summed E-state index contributed by atoms with van der Waals surface area (Å²) >= 11 is 0. The maximum atomic E-state index is 12.1. The minimum atomic E-state index is -0.0415. The molecular formula is C29H41NO3. The number of fused-ring (bicyclic) bond motifs is 1. The number of esters is 1. The minimum absolute atomic E-state index is 0.0114. The van der Waals surface area contributed by atoms with Gasteiger partial charge >= 0.3 is 5.97 Å². The van der Waals surface area contributed by atoms with Crippen LogP contribution in [0.2, 0.25) is 0 Å². The number of likely N-dealkylation sites (tertiary alicyclic amines) is 1. The first-order valence-electron chi connectivity index (χ1n) is 12.9. The Morgan fingerprint density at radius 2 is 1.73 bits per heavy atom. The van der Waals surface area contributed by atoms with Gasteiger partial charge in [-0.05, 0) is 97.9 Å². The third-order valence-electron chi connectivity index (χ3n) is 7.61. The number of rotatable bonds is 6. The molecule has 0 spiro atoms. The molecule has 4 rings (SSSR count). The first kappa shape index (κ1) is 24.1. The molecule has 0 amide bonds. The molecule has 0 unspecified atom stereocenters. The van der Waals surface area contributed by atoms with E-state index in [1.807, 2.05) is 6.92 Å². The van der Waals surface area contributed by atoms with Crippen LogP contribution >= 0.6 is 0 Å². The van der Waals surface area contributed by atoms with Gasteiger partial charge in [0.15, 0.2) is 0 Å². The lowest BCUT2D eigenvalue weighted by atomic mass is 9.72. The zero-order chi connectivity index (χ0) is 23.4. The van der Waals surface area contributed by atoms with Crippen molar-refractivity contribution < 1.29 is 14.3 Å². The minimum Gasteiger partial charge on any atom is -0.490 e. The predicted molar refractivity (Wildman–Crippen MR) is 134 cm³/mol. The van der Waals surface area contributed by atoms with Crippen LogP contribution in [0, 0.1) is 17.3 Å². The molecule has 33 heavy (non-hydrogen) atoms. The van der Waals surface area contributed by atoms with Crippen molar-refractivity contribution in [3.05, 3.63) is 42.0 Å². The summed E-state index contributed by atoms with van der Waals surface area (Å²) in [4.78, 5) is 14.5. The fraction of sp³-hybridized carbons (Fsp3) is 0.621. The van der Waals surface area contributed by atoms with E-state index in [1.165, 1.54) is 29.2 Å². The molecule has 1 aliphatic heterocycles. The van der Waals surface area contributed by atoms with Crippen LogP contribution < -0.4 is 4.74 Å². The van der Waals surface area contributed by atoms with Crippen LogP contribution in [0.5, 0.6) is 5.75 Å². The van der Waals surface area contributed by atoms with E-state index in [4.69, 9.17) is 9.47 Å². The number of hydrogen-bond acceptors (Lipinski definition) is 4. The summed E-state index contributed by atoms with van der Waals surface area (Å²) < 4.78 is 11.6. The molecule has 2 aliphatic rings. The number of carbonyl (C=O) groups is 1. The highest BCUT2D eigenvalue weighted by molar-refractivity contribution is 5.84. The van der Waals surface area contributed by atoms with Gasteiger partial charge in [0, 0.05) is 13.1 Å². The second-order valence-electron chi connectivity index (χ2n) is 11.1. The molecular weight excluding hydrogens is 410 g/mol. The van der Waals surface area contributed by atoms with E-state index >= 15 is 0 Å². The van der Waals surface area contributed by atoms with E-state index in [-0.39, 0.29) is 11.9 Å². The molecule has 0 bridgehead atoms. The molecule has 4 nitrogen and oxygen atoms in total. The summed E-state index contributed by atoms with van der Waals surface area (Å²) in [5.74, 6) is 1.76. The molecule has 1 heterocycles. The normalized spacial score (nSPS) is 24.5. The molecule has 180 valence electrons. The Morgan fingerprint density at radius 3 is 2.45 bits per heavy atom. The van der Waals surface area contributed by atoms with Gasteiger partial charge in [0.1, 0.15) is 5.75 Å². The molecule has 1 atom stereocenters. The number of nitrogens with zero attached hydrogens (tertiary/aromatic N) is 1. The molecule has 0 aromatic heterocycles. The van der Waals surface area contributed by atoms with Crippen LogP contribution in [0.4, 0.5) is 0 Å². The summed E-state index contributed by atoms with van der Waals surface area (Å²) in [6, 6.07) is 13.2. The van der Waals surface area contributed by atoms with Gasteiger partial charge in [0.2, 0.25) is 0 Å². The Bertz CT molecular complexity index is 940. The molecule has 0 N–H and O–H groups in total. The van der Waals surface area contributed by atoms with Crippen molar-refractivity contribution in [3.63, 3.8) is 0 Å². The standard InChI is InChI=1S/C29H41NO3/c1-5-32-28(31)24-7-6-16-30(20-24)19-21-8-9-23-18-27(13-10-22(23)17-21)33-26-14-11-25(12-15-26)29(2,3)4/h8-10,13,17-18,24-26H,5-7,11-12,14-16,19-20H2,1-4H3/t24-,25?,26?/m0/s1. The summed E-state index contributed by atoms with van der Waals surface area (Å²) in [6.07, 6.45) is 7.16. The monoisotopic (exact) mass is 451 g/mol. The Morgan fingerprint density at radius 1 is 1.00 bits per heavy atom. The molecule has 2 aromatic carbocycles. The molecule has 2 aromatic rings. The van der Waals surface area contributed by atoms with Crippen LogP contribution in [-0.2, 0) is 16.1 Å². The lowest BCUT2D eigenvalue weighted by molar-refractivity contribution is -0.150. The Hall–Kier alpha value is -2.07. The van der Waals surface area contributed by atoms with Crippen molar-refractivity contribution in [2.45, 2.75) is 78.9 Å². The van der Waals surface area contributed by atoms with Crippen molar-refractivity contribution in [2.24, 2.45) is 17.3 Å². The van der Waals surface area contributed by atoms with Crippen molar-refractivity contribution in [2.75, 3.05) is 19.7 Å². The maximum Gasteiger partial charge on any atom is 0.310 e. The van der Waals surface area contributed by atoms with E-state index in [1.54, 1.807) is 0 Å². The van der Waals surface area contributed by atoms with Gasteiger partial charge in [-0.2, -0.15) is 0 Å². The van der Waals surface area contributed by atoms with E-state index in [0.29, 0.717) is 18.1 Å². The summed E-state index contributed by atoms with van der Waals surface area (Å²) in [7, 11) is 0. The van der Waals surface area contributed by atoms with E-state index in [0.717, 1.165) is 57.0 Å². The SMILES string of the molecule is CCOC(=O)[C@H]1CCCN(Cc2ccc3cc(OC4CCC(C(C)(C)C)CC4)ccc3c2)C1. The van der Waals surface area contributed by atoms with Gasteiger partial charge in [0.25, 0.3) is 0 Å². The number of carbonyl (C=O) groups excluding carboxylic acids is 1. The van der Waals surface area contributed by atoms with Crippen molar-refractivity contribution in [3.8, 4) is 5.75 Å². The Balaban J connectivity index is 1.35. The van der Waals surface area contributed by atoms with Crippen LogP contribution in [0.3, 0.4) is 0 Å². The highest BCUT2D eigenvalue weighted by atomic mass is 16.5. The smallest absolute Gasteiger partial charge is 0.310 e. The van der Waals surface area contributed by atoms with Crippen LogP contribution in [0.15, 0.2) is 36.4 Å². The first-order chi connectivity index (χ1) is 15.8. The fourth-order valence-electron chi connectivity index (χ4n) is 5.59. The lowest BCUT2D eigenvalue weighted by Gasteiger charge is -2.37. The van der Waals surface area contributed by atoms with E-state index < -0.39 is 0 Å². The Labute approximate surface area is 199 Å². The lowest BCUT2D eigenvalue weighted by Crippen LogP contribution is -2.38. The van der Waals surface area contributed by atoms with E-state index in [9.17, 15) is 4.79 Å². The van der Waals surface area contributed by atoms with Crippen LogP contribution in [0.25, 0.3) is 10.8 Å². The third-order valence-corrected chi connectivity index (χ3v) is 7.61. The maximum absolute atomic E-state index is 12.1. The molecule has 0 radical (unpaired) electrons. The molecule has 4 heteroatoms. The zero-order valence-electron chi connectivity index (χ0n) is 20.9. The van der Waals surface area contributed by atoms with Gasteiger partial charge in [0.05, 0.1) is 18.6 Å². The van der Waals surface area contributed by atoms with Crippen molar-refractivity contribution in [1.82, 2.24) is 4.90 Å². The number of benzene rings is 2. The summed E-state index contributed by atoms with van der Waals surface area (Å²) in [5.41, 5.74) is 1.70. The van der Waals surface area contributed by atoms with Crippen LogP contribution in [0.1, 0.15) is 71.8 Å². The predicted octanol–water partition coefficient (Wildman–Crippen LogP) is 6.60. The average molecular weight is 452 g/mol. The number of hydrogen-bond donors (Lipinski definition) is 0. The number of ether oxygens (including phenoxy) is 2. The molecule has 1 saturated carbocycles. The zero-order valence-corrected chi connectivity index (χ0v) is 20.9. The molecule has 1 saturated heterocycles. The fourth-order valence-corrected chi connectivity index (χ4v) is 5.59. The van der Waals surface area contributed by atoms with Gasteiger partial charge < -0.3 is 9.47 Å². The largest absolute Gasteiger partial charge is 0.490 e. The first-order valence-corrected chi connectivity index (χ1v) is 12.9. The van der Waals surface area contributed by atoms with Gasteiger partial charge in [-0.15, -0.1) is 0 Å². The third kappa shape index (κ3) is 6.29. The Kier molecular flexibility index (Phi) is 7.63. The van der Waals surface area contributed by atoms with Crippen molar-refractivity contribution in [1.29, 1.82) is 0 Å². The van der Waals surface area contributed by atoms with Gasteiger partial charge in [-0.1, -0.05) is 39.0 Å². The topological polar surface area (TPSA) is 38.8 Å². The summed E-state index contributed by atoms with van der Waals surface area (Å²) in [5, 5.41) is 2.47. The second kappa shape index (κ2) is 10.5. The van der Waals surface area contributed by atoms with Gasteiger partial charge in [-0.25, -0.2) is 0 Å². The average Bonchev–Trinajstić information content (AvgIpc) is 2.79. The highest BCUT2D eigenvalue weighted by Crippen LogP contribution is 2.39. The molecule has 2 fully saturated rings. The van der Waals surface area contributed by atoms with E-state index in [2.05, 4.69) is 62.1 Å². The van der Waals surface area contributed by atoms with Gasteiger partial charge in [-0.3, -0.25) is 9.69 Å². The van der Waals surface area contributed by atoms with Crippen molar-refractivity contribution >= 4 is 16.7 Å². The quantitative estimate of drug-likeness (QED) is 0.464. The molecule has 1 aliphatic carbocycles.